The zero-order valence-electron chi connectivity index (χ0n) is 9.37. The van der Waals surface area contributed by atoms with E-state index in [1.807, 2.05) is 12.1 Å². The summed E-state index contributed by atoms with van der Waals surface area (Å²) in [6, 6.07) is 10.4. The number of carbonyl (C=O) groups excluding carboxylic acids is 1. The fourth-order valence-corrected chi connectivity index (χ4v) is 1.29. The Morgan fingerprint density at radius 1 is 1.12 bits per heavy atom. The predicted octanol–water partition coefficient (Wildman–Crippen LogP) is 2.14. The van der Waals surface area contributed by atoms with E-state index in [-0.39, 0.29) is 6.03 Å². The highest BCUT2D eigenvalue weighted by Crippen LogP contribution is 2.09. The molecule has 5 heteroatoms. The Bertz CT molecular complexity index is 486. The van der Waals surface area contributed by atoms with Crippen molar-refractivity contribution in [1.29, 1.82) is 0 Å². The van der Waals surface area contributed by atoms with E-state index in [1.165, 1.54) is 4.90 Å². The van der Waals surface area contributed by atoms with E-state index < -0.39 is 0 Å². The van der Waals surface area contributed by atoms with Gasteiger partial charge in [0.05, 0.1) is 0 Å². The summed E-state index contributed by atoms with van der Waals surface area (Å²) in [5, 5.41) is 2.68. The molecule has 0 aliphatic rings. The van der Waals surface area contributed by atoms with Crippen LogP contribution in [-0.4, -0.2) is 23.0 Å². The Morgan fingerprint density at radius 3 is 2.41 bits per heavy atom. The molecule has 86 valence electrons. The minimum Gasteiger partial charge on any atom is -0.292 e. The molecule has 0 spiro atoms. The van der Waals surface area contributed by atoms with Crippen molar-refractivity contribution in [1.82, 2.24) is 9.97 Å². The van der Waals surface area contributed by atoms with E-state index in [2.05, 4.69) is 15.3 Å². The first-order chi connectivity index (χ1) is 8.27. The van der Waals surface area contributed by atoms with Crippen LogP contribution in [0, 0.1) is 0 Å². The SMILES string of the molecule is CN(C(=O)Nc1ccccn1)c1ccccn1. The summed E-state index contributed by atoms with van der Waals surface area (Å²) in [7, 11) is 1.65. The van der Waals surface area contributed by atoms with Gasteiger partial charge >= 0.3 is 6.03 Å². The molecule has 2 heterocycles. The van der Waals surface area contributed by atoms with Crippen LogP contribution in [0.1, 0.15) is 0 Å². The molecule has 0 aromatic carbocycles. The van der Waals surface area contributed by atoms with Crippen LogP contribution < -0.4 is 10.2 Å². The van der Waals surface area contributed by atoms with Gasteiger partial charge in [-0.3, -0.25) is 10.2 Å². The van der Waals surface area contributed by atoms with Crippen LogP contribution >= 0.6 is 0 Å². The zero-order chi connectivity index (χ0) is 12.1. The van der Waals surface area contributed by atoms with E-state index in [4.69, 9.17) is 0 Å². The number of nitrogens with zero attached hydrogens (tertiary/aromatic N) is 3. The predicted molar refractivity (Wildman–Crippen MR) is 65.9 cm³/mol. The summed E-state index contributed by atoms with van der Waals surface area (Å²) >= 11 is 0. The third-order valence-corrected chi connectivity index (χ3v) is 2.20. The Balaban J connectivity index is 2.06. The van der Waals surface area contributed by atoms with Crippen molar-refractivity contribution in [2.45, 2.75) is 0 Å². The quantitative estimate of drug-likeness (QED) is 0.856. The Kier molecular flexibility index (Phi) is 3.30. The molecule has 0 saturated carbocycles. The highest BCUT2D eigenvalue weighted by atomic mass is 16.2. The maximum atomic E-state index is 11.8. The average Bonchev–Trinajstić information content (AvgIpc) is 2.40. The maximum Gasteiger partial charge on any atom is 0.328 e. The van der Waals surface area contributed by atoms with Gasteiger partial charge in [0.1, 0.15) is 11.6 Å². The number of hydrogen-bond donors (Lipinski definition) is 1. The Hall–Kier alpha value is -2.43. The van der Waals surface area contributed by atoms with E-state index in [0.717, 1.165) is 0 Å². The highest BCUT2D eigenvalue weighted by molar-refractivity contribution is 6.00. The van der Waals surface area contributed by atoms with Crippen molar-refractivity contribution in [3.8, 4) is 0 Å². The lowest BCUT2D eigenvalue weighted by atomic mass is 10.4. The summed E-state index contributed by atoms with van der Waals surface area (Å²) < 4.78 is 0. The van der Waals surface area contributed by atoms with Crippen molar-refractivity contribution in [2.24, 2.45) is 0 Å². The first kappa shape index (κ1) is 11.1. The number of aromatic nitrogens is 2. The fraction of sp³-hybridized carbons (Fsp3) is 0.0833. The number of anilines is 2. The van der Waals surface area contributed by atoms with Crippen LogP contribution in [0.15, 0.2) is 48.8 Å². The van der Waals surface area contributed by atoms with E-state index in [0.29, 0.717) is 11.6 Å². The number of nitrogens with one attached hydrogen (secondary N) is 1. The number of amides is 2. The van der Waals surface area contributed by atoms with Gasteiger partial charge in [-0.05, 0) is 24.3 Å². The number of urea groups is 1. The minimum absolute atomic E-state index is 0.276. The summed E-state index contributed by atoms with van der Waals surface area (Å²) in [5.41, 5.74) is 0. The van der Waals surface area contributed by atoms with Gasteiger partial charge in [-0.1, -0.05) is 12.1 Å². The second kappa shape index (κ2) is 5.07. The molecule has 0 fully saturated rings. The Morgan fingerprint density at radius 2 is 1.82 bits per heavy atom. The average molecular weight is 228 g/mol. The normalized spacial score (nSPS) is 9.71. The van der Waals surface area contributed by atoms with Crippen molar-refractivity contribution in [3.05, 3.63) is 48.8 Å². The van der Waals surface area contributed by atoms with Crippen molar-refractivity contribution in [2.75, 3.05) is 17.3 Å². The van der Waals surface area contributed by atoms with Gasteiger partial charge in [-0.2, -0.15) is 0 Å². The molecule has 0 unspecified atom stereocenters. The Labute approximate surface area is 99.1 Å². The highest BCUT2D eigenvalue weighted by Gasteiger charge is 2.11. The van der Waals surface area contributed by atoms with Crippen LogP contribution in [-0.2, 0) is 0 Å². The molecule has 2 rings (SSSR count). The molecule has 0 aliphatic carbocycles. The standard InChI is InChI=1S/C12H12N4O/c1-16(11-7-3-5-9-14-11)12(17)15-10-6-2-4-8-13-10/h2-9H,1H3,(H,13,15,17). The van der Waals surface area contributed by atoms with Crippen molar-refractivity contribution in [3.63, 3.8) is 0 Å². The van der Waals surface area contributed by atoms with Crippen LogP contribution in [0.4, 0.5) is 16.4 Å². The van der Waals surface area contributed by atoms with Gasteiger partial charge in [0.2, 0.25) is 0 Å². The molecule has 0 radical (unpaired) electrons. The topological polar surface area (TPSA) is 58.1 Å². The second-order valence-corrected chi connectivity index (χ2v) is 3.39. The molecule has 0 atom stereocenters. The molecule has 2 aromatic rings. The summed E-state index contributed by atoms with van der Waals surface area (Å²) in [6.45, 7) is 0. The first-order valence-corrected chi connectivity index (χ1v) is 5.14. The fourth-order valence-electron chi connectivity index (χ4n) is 1.29. The van der Waals surface area contributed by atoms with E-state index >= 15 is 0 Å². The third-order valence-electron chi connectivity index (χ3n) is 2.20. The zero-order valence-corrected chi connectivity index (χ0v) is 9.37. The number of hydrogen-bond acceptors (Lipinski definition) is 3. The number of pyridine rings is 2. The lowest BCUT2D eigenvalue weighted by Gasteiger charge is -2.16. The van der Waals surface area contributed by atoms with Gasteiger partial charge in [0, 0.05) is 19.4 Å². The molecule has 0 saturated heterocycles. The van der Waals surface area contributed by atoms with Gasteiger partial charge in [-0.25, -0.2) is 14.8 Å². The monoisotopic (exact) mass is 228 g/mol. The van der Waals surface area contributed by atoms with Crippen molar-refractivity contribution < 1.29 is 4.79 Å². The van der Waals surface area contributed by atoms with Gasteiger partial charge < -0.3 is 0 Å². The molecule has 1 N–H and O–H groups in total. The maximum absolute atomic E-state index is 11.8. The van der Waals surface area contributed by atoms with Gasteiger partial charge in [-0.15, -0.1) is 0 Å². The molecule has 2 aromatic heterocycles. The van der Waals surface area contributed by atoms with Crippen LogP contribution in [0.3, 0.4) is 0 Å². The molecule has 0 aliphatic heterocycles. The molecule has 0 bridgehead atoms. The van der Waals surface area contributed by atoms with Crippen molar-refractivity contribution >= 4 is 17.7 Å². The first-order valence-electron chi connectivity index (χ1n) is 5.14. The molecule has 17 heavy (non-hydrogen) atoms. The summed E-state index contributed by atoms with van der Waals surface area (Å²) in [5.74, 6) is 1.10. The smallest absolute Gasteiger partial charge is 0.292 e. The molecular weight excluding hydrogens is 216 g/mol. The number of rotatable bonds is 2. The number of carbonyl (C=O) groups is 1. The molecular formula is C12H12N4O. The third kappa shape index (κ3) is 2.78. The van der Waals surface area contributed by atoms with E-state index in [9.17, 15) is 4.79 Å². The van der Waals surface area contributed by atoms with Crippen LogP contribution in [0.5, 0.6) is 0 Å². The summed E-state index contributed by atoms with van der Waals surface area (Å²) in [6.07, 6.45) is 3.26. The minimum atomic E-state index is -0.276. The van der Waals surface area contributed by atoms with Crippen LogP contribution in [0.2, 0.25) is 0 Å². The largest absolute Gasteiger partial charge is 0.328 e. The lowest BCUT2D eigenvalue weighted by Crippen LogP contribution is -2.31. The van der Waals surface area contributed by atoms with Crippen LogP contribution in [0.25, 0.3) is 0 Å². The second-order valence-electron chi connectivity index (χ2n) is 3.39. The van der Waals surface area contributed by atoms with E-state index in [1.54, 1.807) is 43.7 Å². The summed E-state index contributed by atoms with van der Waals surface area (Å²) in [4.78, 5) is 21.4. The van der Waals surface area contributed by atoms with Gasteiger partial charge in [0.15, 0.2) is 0 Å². The molecule has 2 amide bonds. The van der Waals surface area contributed by atoms with Gasteiger partial charge in [0.25, 0.3) is 0 Å². The lowest BCUT2D eigenvalue weighted by molar-refractivity contribution is 0.258. The molecule has 5 nitrogen and oxygen atoms in total.